The number of rotatable bonds is 5. The molecule has 1 heterocycles. The molecule has 0 fully saturated rings. The summed E-state index contributed by atoms with van der Waals surface area (Å²) in [5.74, 6) is 2.69. The number of aromatic nitrogens is 3. The highest BCUT2D eigenvalue weighted by Gasteiger charge is 2.16. The predicted molar refractivity (Wildman–Crippen MR) is 79.6 cm³/mol. The Kier molecular flexibility index (Phi) is 4.82. The number of nitrogens with zero attached hydrogens (tertiary/aromatic N) is 3. The second kappa shape index (κ2) is 6.39. The molecule has 1 aromatic carbocycles. The third kappa shape index (κ3) is 2.92. The molecule has 0 saturated carbocycles. The van der Waals surface area contributed by atoms with Gasteiger partial charge in [-0.25, -0.2) is 0 Å². The van der Waals surface area contributed by atoms with Crippen molar-refractivity contribution in [3.63, 3.8) is 0 Å². The van der Waals surface area contributed by atoms with E-state index in [1.54, 1.807) is 7.11 Å². The van der Waals surface area contributed by atoms with E-state index in [0.717, 1.165) is 40.4 Å². The maximum Gasteiger partial charge on any atom is 0.167 e. The van der Waals surface area contributed by atoms with E-state index in [4.69, 9.17) is 16.3 Å². The van der Waals surface area contributed by atoms with Crippen molar-refractivity contribution in [1.82, 2.24) is 14.8 Å². The minimum atomic E-state index is 0.351. The molecular weight excluding hydrogens is 330 g/mol. The van der Waals surface area contributed by atoms with Gasteiger partial charge in [0, 0.05) is 11.0 Å². The van der Waals surface area contributed by atoms with Crippen LogP contribution in [0.2, 0.25) is 0 Å². The van der Waals surface area contributed by atoms with Crippen molar-refractivity contribution >= 4 is 27.5 Å². The van der Waals surface area contributed by atoms with Gasteiger partial charge in [-0.2, -0.15) is 0 Å². The highest BCUT2D eigenvalue weighted by molar-refractivity contribution is 9.10. The smallest absolute Gasteiger partial charge is 0.167 e. The van der Waals surface area contributed by atoms with Gasteiger partial charge in [0.15, 0.2) is 5.82 Å². The van der Waals surface area contributed by atoms with Crippen molar-refractivity contribution in [3.05, 3.63) is 28.5 Å². The van der Waals surface area contributed by atoms with Crippen molar-refractivity contribution in [2.45, 2.75) is 25.8 Å². The molecule has 0 aliphatic rings. The van der Waals surface area contributed by atoms with Crippen molar-refractivity contribution in [3.8, 4) is 17.1 Å². The molecule has 2 rings (SSSR count). The van der Waals surface area contributed by atoms with Crippen LogP contribution in [0, 0.1) is 0 Å². The fourth-order valence-electron chi connectivity index (χ4n) is 1.95. The highest BCUT2D eigenvalue weighted by atomic mass is 79.9. The van der Waals surface area contributed by atoms with Crippen LogP contribution in [-0.4, -0.2) is 21.9 Å². The predicted octanol–water partition coefficient (Wildman–Crippen LogP) is 3.87. The van der Waals surface area contributed by atoms with E-state index in [2.05, 4.69) is 33.1 Å². The molecule has 0 unspecified atom stereocenters. The molecule has 0 atom stereocenters. The molecule has 0 saturated heterocycles. The first-order valence-electron chi connectivity index (χ1n) is 6.03. The minimum Gasteiger partial charge on any atom is -0.496 e. The molecular formula is C13H15BrClN3O. The molecule has 0 aliphatic heterocycles. The lowest BCUT2D eigenvalue weighted by atomic mass is 10.2. The molecule has 2 aromatic rings. The van der Waals surface area contributed by atoms with E-state index in [-0.39, 0.29) is 0 Å². The molecule has 102 valence electrons. The number of benzene rings is 1. The van der Waals surface area contributed by atoms with E-state index in [1.807, 2.05) is 22.8 Å². The summed E-state index contributed by atoms with van der Waals surface area (Å²) in [4.78, 5) is 0. The Hall–Kier alpha value is -1.07. The maximum absolute atomic E-state index is 5.91. The number of hydrogen-bond donors (Lipinski definition) is 0. The van der Waals surface area contributed by atoms with Gasteiger partial charge in [0.05, 0.1) is 18.6 Å². The topological polar surface area (TPSA) is 39.9 Å². The lowest BCUT2D eigenvalue weighted by Crippen LogP contribution is -2.04. The summed E-state index contributed by atoms with van der Waals surface area (Å²) < 4.78 is 8.41. The fourth-order valence-corrected chi connectivity index (χ4v) is 2.51. The van der Waals surface area contributed by atoms with E-state index >= 15 is 0 Å². The average molecular weight is 345 g/mol. The van der Waals surface area contributed by atoms with Crippen molar-refractivity contribution in [1.29, 1.82) is 0 Å². The van der Waals surface area contributed by atoms with Gasteiger partial charge in [-0.15, -0.1) is 21.8 Å². The summed E-state index contributed by atoms with van der Waals surface area (Å²) >= 11 is 9.38. The summed E-state index contributed by atoms with van der Waals surface area (Å²) in [6.45, 7) is 2.94. The van der Waals surface area contributed by atoms with Gasteiger partial charge in [0.2, 0.25) is 0 Å². The molecule has 0 bridgehead atoms. The Morgan fingerprint density at radius 2 is 2.16 bits per heavy atom. The maximum atomic E-state index is 5.91. The third-order valence-electron chi connectivity index (χ3n) is 2.80. The van der Waals surface area contributed by atoms with Crippen LogP contribution in [0.15, 0.2) is 22.7 Å². The standard InChI is InChI=1S/C13H15BrClN3O/c1-3-6-18-12(8-15)16-17-13(18)10-7-9(14)4-5-11(10)19-2/h4-5,7H,3,6,8H2,1-2H3. The van der Waals surface area contributed by atoms with Crippen LogP contribution in [0.4, 0.5) is 0 Å². The zero-order valence-electron chi connectivity index (χ0n) is 10.9. The Balaban J connectivity index is 2.57. The molecule has 0 N–H and O–H groups in total. The molecule has 4 nitrogen and oxygen atoms in total. The first kappa shape index (κ1) is 14.3. The molecule has 0 spiro atoms. The van der Waals surface area contributed by atoms with Crippen molar-refractivity contribution < 1.29 is 4.74 Å². The molecule has 6 heteroatoms. The average Bonchev–Trinajstić information content (AvgIpc) is 2.82. The van der Waals surface area contributed by atoms with Crippen LogP contribution in [0.5, 0.6) is 5.75 Å². The van der Waals surface area contributed by atoms with Crippen LogP contribution in [0.3, 0.4) is 0 Å². The van der Waals surface area contributed by atoms with Gasteiger partial charge in [-0.05, 0) is 24.6 Å². The first-order chi connectivity index (χ1) is 9.21. The van der Waals surface area contributed by atoms with Crippen LogP contribution >= 0.6 is 27.5 Å². The number of methoxy groups -OCH3 is 1. The lowest BCUT2D eigenvalue weighted by molar-refractivity contribution is 0.415. The molecule has 0 amide bonds. The summed E-state index contributed by atoms with van der Waals surface area (Å²) in [6.07, 6.45) is 0.991. The van der Waals surface area contributed by atoms with E-state index in [0.29, 0.717) is 5.88 Å². The monoisotopic (exact) mass is 343 g/mol. The highest BCUT2D eigenvalue weighted by Crippen LogP contribution is 2.32. The largest absolute Gasteiger partial charge is 0.496 e. The molecule has 0 radical (unpaired) electrons. The van der Waals surface area contributed by atoms with Gasteiger partial charge in [0.25, 0.3) is 0 Å². The Morgan fingerprint density at radius 1 is 1.37 bits per heavy atom. The number of ether oxygens (including phenoxy) is 1. The summed E-state index contributed by atoms with van der Waals surface area (Å²) in [7, 11) is 1.65. The molecule has 1 aromatic heterocycles. The van der Waals surface area contributed by atoms with Crippen LogP contribution in [0.25, 0.3) is 11.4 Å². The fraction of sp³-hybridized carbons (Fsp3) is 0.385. The first-order valence-corrected chi connectivity index (χ1v) is 7.36. The van der Waals surface area contributed by atoms with E-state index in [9.17, 15) is 0 Å². The zero-order valence-corrected chi connectivity index (χ0v) is 13.2. The summed E-state index contributed by atoms with van der Waals surface area (Å²) in [5.41, 5.74) is 0.911. The number of alkyl halides is 1. The van der Waals surface area contributed by atoms with Crippen molar-refractivity contribution in [2.24, 2.45) is 0 Å². The Bertz CT molecular complexity index is 571. The van der Waals surface area contributed by atoms with Crippen molar-refractivity contribution in [2.75, 3.05) is 7.11 Å². The van der Waals surface area contributed by atoms with E-state index in [1.165, 1.54) is 0 Å². The zero-order chi connectivity index (χ0) is 13.8. The Labute approximate surface area is 125 Å². The van der Waals surface area contributed by atoms with Crippen LogP contribution < -0.4 is 4.74 Å². The summed E-state index contributed by atoms with van der Waals surface area (Å²) in [6, 6.07) is 5.82. The van der Waals surface area contributed by atoms with Gasteiger partial charge >= 0.3 is 0 Å². The van der Waals surface area contributed by atoms with Gasteiger partial charge in [-0.1, -0.05) is 22.9 Å². The number of halogens is 2. The van der Waals surface area contributed by atoms with Gasteiger partial charge in [0.1, 0.15) is 11.6 Å². The third-order valence-corrected chi connectivity index (χ3v) is 3.53. The SMILES string of the molecule is CCCn1c(CCl)nnc1-c1cc(Br)ccc1OC. The molecule has 19 heavy (non-hydrogen) atoms. The normalized spacial score (nSPS) is 10.7. The molecule has 0 aliphatic carbocycles. The Morgan fingerprint density at radius 3 is 2.79 bits per heavy atom. The van der Waals surface area contributed by atoms with Gasteiger partial charge < -0.3 is 9.30 Å². The second-order valence-electron chi connectivity index (χ2n) is 4.07. The minimum absolute atomic E-state index is 0.351. The lowest BCUT2D eigenvalue weighted by Gasteiger charge is -2.11. The van der Waals surface area contributed by atoms with E-state index < -0.39 is 0 Å². The van der Waals surface area contributed by atoms with Crippen LogP contribution in [0.1, 0.15) is 19.2 Å². The number of hydrogen-bond acceptors (Lipinski definition) is 3. The summed E-state index contributed by atoms with van der Waals surface area (Å²) in [5, 5.41) is 8.40. The second-order valence-corrected chi connectivity index (χ2v) is 5.25. The van der Waals surface area contributed by atoms with Gasteiger partial charge in [-0.3, -0.25) is 0 Å². The quantitative estimate of drug-likeness (QED) is 0.773. The van der Waals surface area contributed by atoms with Crippen LogP contribution in [-0.2, 0) is 12.4 Å².